The zero-order valence-electron chi connectivity index (χ0n) is 14.4. The monoisotopic (exact) mass is 405 g/mol. The van der Waals surface area contributed by atoms with Crippen LogP contribution in [0.2, 0.25) is 0 Å². The van der Waals surface area contributed by atoms with E-state index in [-0.39, 0.29) is 18.6 Å². The third kappa shape index (κ3) is 4.82. The van der Waals surface area contributed by atoms with E-state index in [4.69, 9.17) is 9.47 Å². The lowest BCUT2D eigenvalue weighted by Gasteiger charge is -2.25. The summed E-state index contributed by atoms with van der Waals surface area (Å²) in [6, 6.07) is 14.4. The van der Waals surface area contributed by atoms with E-state index in [1.54, 1.807) is 37.3 Å². The van der Waals surface area contributed by atoms with Gasteiger partial charge in [-0.15, -0.1) is 0 Å². The lowest BCUT2D eigenvalue weighted by Crippen LogP contribution is -2.33. The normalized spacial score (nSPS) is 11.5. The fourth-order valence-electron chi connectivity index (χ4n) is 2.28. The van der Waals surface area contributed by atoms with Crippen LogP contribution in [-0.4, -0.2) is 37.5 Å². The van der Waals surface area contributed by atoms with Gasteiger partial charge >= 0.3 is 5.97 Å². The van der Waals surface area contributed by atoms with Crippen molar-refractivity contribution < 1.29 is 19.1 Å². The molecule has 0 aliphatic heterocycles. The second-order valence-electron chi connectivity index (χ2n) is 5.52. The number of ether oxygens (including phenoxy) is 2. The maximum absolute atomic E-state index is 12.3. The summed E-state index contributed by atoms with van der Waals surface area (Å²) in [5, 5.41) is 0. The van der Waals surface area contributed by atoms with Gasteiger partial charge in [-0.05, 0) is 46.6 Å². The van der Waals surface area contributed by atoms with Crippen molar-refractivity contribution in [1.29, 1.82) is 0 Å². The van der Waals surface area contributed by atoms with E-state index in [0.717, 1.165) is 5.56 Å². The Balaban J connectivity index is 1.94. The van der Waals surface area contributed by atoms with E-state index in [0.29, 0.717) is 15.8 Å². The lowest BCUT2D eigenvalue weighted by molar-refractivity contribution is -0.135. The van der Waals surface area contributed by atoms with Crippen molar-refractivity contribution in [1.82, 2.24) is 4.90 Å². The van der Waals surface area contributed by atoms with E-state index in [1.807, 2.05) is 37.3 Å². The van der Waals surface area contributed by atoms with Gasteiger partial charge in [0.05, 0.1) is 23.2 Å². The summed E-state index contributed by atoms with van der Waals surface area (Å²) >= 11 is 3.32. The molecule has 25 heavy (non-hydrogen) atoms. The highest BCUT2D eigenvalue weighted by Gasteiger charge is 2.19. The fraction of sp³-hybridized carbons (Fsp3) is 0.263. The molecule has 1 unspecified atom stereocenters. The van der Waals surface area contributed by atoms with Crippen molar-refractivity contribution in [2.45, 2.75) is 13.0 Å². The average Bonchev–Trinajstić information content (AvgIpc) is 2.65. The van der Waals surface area contributed by atoms with Gasteiger partial charge in [0.25, 0.3) is 5.91 Å². The molecule has 2 rings (SSSR count). The summed E-state index contributed by atoms with van der Waals surface area (Å²) in [5.74, 6) is -0.209. The number of methoxy groups -OCH3 is 1. The third-order valence-corrected chi connectivity index (χ3v) is 4.59. The first kappa shape index (κ1) is 19.0. The van der Waals surface area contributed by atoms with E-state index in [9.17, 15) is 9.59 Å². The predicted molar refractivity (Wildman–Crippen MR) is 98.6 cm³/mol. The molecule has 0 radical (unpaired) electrons. The zero-order chi connectivity index (χ0) is 18.4. The first-order valence-electron chi connectivity index (χ1n) is 7.75. The largest absolute Gasteiger partial charge is 0.496 e. The van der Waals surface area contributed by atoms with Crippen LogP contribution >= 0.6 is 15.9 Å². The molecule has 0 saturated carbocycles. The first-order chi connectivity index (χ1) is 11.9. The van der Waals surface area contributed by atoms with Gasteiger partial charge in [0.15, 0.2) is 6.61 Å². The van der Waals surface area contributed by atoms with Crippen LogP contribution in [0.15, 0.2) is 53.0 Å². The number of carbonyl (C=O) groups is 2. The quantitative estimate of drug-likeness (QED) is 0.685. The van der Waals surface area contributed by atoms with Crippen LogP contribution in [0.3, 0.4) is 0 Å². The summed E-state index contributed by atoms with van der Waals surface area (Å²) in [7, 11) is 3.23. The Morgan fingerprint density at radius 1 is 1.16 bits per heavy atom. The minimum Gasteiger partial charge on any atom is -0.496 e. The molecule has 0 bridgehead atoms. The molecular formula is C19H20BrNO4. The molecule has 1 atom stereocenters. The molecule has 1 amide bonds. The SMILES string of the molecule is COc1ccc(C(=O)OCC(=O)N(C)C(C)c2ccccc2)cc1Br. The summed E-state index contributed by atoms with van der Waals surface area (Å²) in [4.78, 5) is 26.0. The molecule has 2 aromatic rings. The Morgan fingerprint density at radius 2 is 1.84 bits per heavy atom. The molecule has 0 heterocycles. The number of esters is 1. The Morgan fingerprint density at radius 3 is 2.44 bits per heavy atom. The second-order valence-corrected chi connectivity index (χ2v) is 6.37. The minimum absolute atomic E-state index is 0.109. The van der Waals surface area contributed by atoms with E-state index < -0.39 is 5.97 Å². The number of halogens is 1. The molecule has 0 aliphatic rings. The third-order valence-electron chi connectivity index (χ3n) is 3.97. The molecular weight excluding hydrogens is 386 g/mol. The molecule has 0 spiro atoms. The van der Waals surface area contributed by atoms with Crippen LogP contribution in [0.5, 0.6) is 5.75 Å². The number of likely N-dealkylation sites (N-methyl/N-ethyl adjacent to an activating group) is 1. The Labute approximate surface area is 155 Å². The zero-order valence-corrected chi connectivity index (χ0v) is 15.9. The van der Waals surface area contributed by atoms with E-state index >= 15 is 0 Å². The van der Waals surface area contributed by atoms with Crippen LogP contribution in [0.4, 0.5) is 0 Å². The Bertz CT molecular complexity index is 748. The van der Waals surface area contributed by atoms with E-state index in [1.165, 1.54) is 0 Å². The van der Waals surface area contributed by atoms with Crippen molar-refractivity contribution in [2.75, 3.05) is 20.8 Å². The topological polar surface area (TPSA) is 55.8 Å². The highest BCUT2D eigenvalue weighted by atomic mass is 79.9. The minimum atomic E-state index is -0.558. The van der Waals surface area contributed by atoms with Crippen molar-refractivity contribution in [3.05, 3.63) is 64.1 Å². The fourth-order valence-corrected chi connectivity index (χ4v) is 2.82. The van der Waals surface area contributed by atoms with Gasteiger partial charge in [0, 0.05) is 7.05 Å². The van der Waals surface area contributed by atoms with Crippen LogP contribution in [0.1, 0.15) is 28.9 Å². The first-order valence-corrected chi connectivity index (χ1v) is 8.54. The van der Waals surface area contributed by atoms with Crippen LogP contribution in [0.25, 0.3) is 0 Å². The molecule has 0 aliphatic carbocycles. The molecule has 0 saturated heterocycles. The van der Waals surface area contributed by atoms with Gasteiger partial charge in [-0.1, -0.05) is 30.3 Å². The Kier molecular flexibility index (Phi) is 6.58. The number of benzene rings is 2. The van der Waals surface area contributed by atoms with Gasteiger partial charge in [-0.25, -0.2) is 4.79 Å². The lowest BCUT2D eigenvalue weighted by atomic mass is 10.1. The molecule has 5 nitrogen and oxygen atoms in total. The van der Waals surface area contributed by atoms with Crippen molar-refractivity contribution in [2.24, 2.45) is 0 Å². The maximum Gasteiger partial charge on any atom is 0.338 e. The van der Waals surface area contributed by atoms with Crippen LogP contribution < -0.4 is 4.74 Å². The molecule has 0 fully saturated rings. The summed E-state index contributed by atoms with van der Waals surface area (Å²) in [6.07, 6.45) is 0. The van der Waals surface area contributed by atoms with Crippen molar-refractivity contribution in [3.63, 3.8) is 0 Å². The highest BCUT2D eigenvalue weighted by molar-refractivity contribution is 9.10. The van der Waals surface area contributed by atoms with Gasteiger partial charge < -0.3 is 14.4 Å². The molecule has 6 heteroatoms. The second kappa shape index (κ2) is 8.67. The number of nitrogens with zero attached hydrogens (tertiary/aromatic N) is 1. The number of rotatable bonds is 6. The van der Waals surface area contributed by atoms with Crippen LogP contribution in [0, 0.1) is 0 Å². The van der Waals surface area contributed by atoms with Crippen molar-refractivity contribution in [3.8, 4) is 5.75 Å². The predicted octanol–water partition coefficient (Wildman–Crippen LogP) is 3.83. The number of hydrogen-bond donors (Lipinski definition) is 0. The molecule has 0 N–H and O–H groups in total. The van der Waals surface area contributed by atoms with Crippen molar-refractivity contribution >= 4 is 27.8 Å². The summed E-state index contributed by atoms with van der Waals surface area (Å²) < 4.78 is 10.9. The van der Waals surface area contributed by atoms with Crippen LogP contribution in [-0.2, 0) is 9.53 Å². The number of hydrogen-bond acceptors (Lipinski definition) is 4. The summed E-state index contributed by atoms with van der Waals surface area (Å²) in [5.41, 5.74) is 1.36. The van der Waals surface area contributed by atoms with Gasteiger partial charge in [0.1, 0.15) is 5.75 Å². The molecule has 0 aromatic heterocycles. The molecule has 132 valence electrons. The van der Waals surface area contributed by atoms with Gasteiger partial charge in [-0.2, -0.15) is 0 Å². The highest BCUT2D eigenvalue weighted by Crippen LogP contribution is 2.26. The Hall–Kier alpha value is -2.34. The standard InChI is InChI=1S/C19H20BrNO4/c1-13(14-7-5-4-6-8-14)21(2)18(22)12-25-19(23)15-9-10-17(24-3)16(20)11-15/h4-11,13H,12H2,1-3H3. The average molecular weight is 406 g/mol. The maximum atomic E-state index is 12.3. The summed E-state index contributed by atoms with van der Waals surface area (Å²) in [6.45, 7) is 1.62. The van der Waals surface area contributed by atoms with Gasteiger partial charge in [-0.3, -0.25) is 4.79 Å². The number of carbonyl (C=O) groups excluding carboxylic acids is 2. The van der Waals surface area contributed by atoms with Gasteiger partial charge in [0.2, 0.25) is 0 Å². The number of amides is 1. The van der Waals surface area contributed by atoms with E-state index in [2.05, 4.69) is 15.9 Å². The molecule has 2 aromatic carbocycles. The smallest absolute Gasteiger partial charge is 0.338 e.